The Labute approximate surface area is 93.7 Å². The highest BCUT2D eigenvalue weighted by Crippen LogP contribution is 2.19. The molecular weight excluding hydrogens is 205 g/mol. The summed E-state index contributed by atoms with van der Waals surface area (Å²) in [5.41, 5.74) is 7.63. The van der Waals surface area contributed by atoms with Gasteiger partial charge >= 0.3 is 0 Å². The van der Waals surface area contributed by atoms with Crippen molar-refractivity contribution < 1.29 is 4.39 Å². The Kier molecular flexibility index (Phi) is 3.01. The van der Waals surface area contributed by atoms with Crippen molar-refractivity contribution in [3.8, 4) is 11.3 Å². The summed E-state index contributed by atoms with van der Waals surface area (Å²) in [6, 6.07) is 8.31. The minimum atomic E-state index is -0.234. The van der Waals surface area contributed by atoms with Gasteiger partial charge in [-0.05, 0) is 42.8 Å². The highest BCUT2D eigenvalue weighted by atomic mass is 19.1. The zero-order valence-corrected chi connectivity index (χ0v) is 9.10. The number of benzene rings is 1. The van der Waals surface area contributed by atoms with Crippen LogP contribution in [0.5, 0.6) is 0 Å². The topological polar surface area (TPSA) is 43.8 Å². The smallest absolute Gasteiger partial charge is 0.123 e. The number of hydrogen-bond acceptors (Lipinski definition) is 2. The average molecular weight is 219 g/mol. The van der Waals surface area contributed by atoms with Gasteiger partial charge < -0.3 is 5.73 Å². The predicted octanol–water partition coefficient (Wildman–Crippen LogP) is 2.04. The zero-order chi connectivity index (χ0) is 11.5. The first-order valence-corrected chi connectivity index (χ1v) is 5.20. The molecule has 0 aliphatic heterocycles. The van der Waals surface area contributed by atoms with Crippen molar-refractivity contribution in [3.63, 3.8) is 0 Å². The van der Waals surface area contributed by atoms with Gasteiger partial charge in [0.25, 0.3) is 0 Å². The predicted molar refractivity (Wildman–Crippen MR) is 61.3 cm³/mol. The molecule has 0 saturated heterocycles. The second-order valence-electron chi connectivity index (χ2n) is 3.88. The highest BCUT2D eigenvalue weighted by Gasteiger charge is 2.06. The molecule has 0 radical (unpaired) electrons. The first kappa shape index (κ1) is 10.8. The van der Waals surface area contributed by atoms with Gasteiger partial charge in [-0.1, -0.05) is 0 Å². The summed E-state index contributed by atoms with van der Waals surface area (Å²) in [7, 11) is 0. The molecule has 2 N–H and O–H groups in total. The van der Waals surface area contributed by atoms with Crippen LogP contribution in [0, 0.1) is 5.82 Å². The lowest BCUT2D eigenvalue weighted by atomic mass is 10.1. The molecule has 1 aromatic heterocycles. The maximum absolute atomic E-state index is 12.8. The normalized spacial score (nSPS) is 12.7. The summed E-state index contributed by atoms with van der Waals surface area (Å²) in [6.45, 7) is 2.58. The molecule has 4 heteroatoms. The molecule has 1 atom stereocenters. The number of halogens is 1. The third-order valence-corrected chi connectivity index (χ3v) is 2.32. The van der Waals surface area contributed by atoms with E-state index in [4.69, 9.17) is 5.73 Å². The minimum Gasteiger partial charge on any atom is -0.326 e. The summed E-state index contributed by atoms with van der Waals surface area (Å²) >= 11 is 0. The van der Waals surface area contributed by atoms with Crippen molar-refractivity contribution in [2.45, 2.75) is 19.5 Å². The number of nitrogens with two attached hydrogens (primary N) is 1. The van der Waals surface area contributed by atoms with E-state index >= 15 is 0 Å². The summed E-state index contributed by atoms with van der Waals surface area (Å²) in [6.07, 6.45) is 1.72. The van der Waals surface area contributed by atoms with Gasteiger partial charge in [-0.15, -0.1) is 0 Å². The first-order valence-electron chi connectivity index (χ1n) is 5.20. The summed E-state index contributed by atoms with van der Waals surface area (Å²) < 4.78 is 14.6. The van der Waals surface area contributed by atoms with Crippen molar-refractivity contribution >= 4 is 0 Å². The van der Waals surface area contributed by atoms with E-state index in [0.717, 1.165) is 11.3 Å². The summed E-state index contributed by atoms with van der Waals surface area (Å²) in [5, 5.41) is 4.20. The van der Waals surface area contributed by atoms with Crippen LogP contribution in [0.3, 0.4) is 0 Å². The van der Waals surface area contributed by atoms with Gasteiger partial charge in [0.1, 0.15) is 5.82 Å². The van der Waals surface area contributed by atoms with Crippen LogP contribution in [0.15, 0.2) is 36.5 Å². The van der Waals surface area contributed by atoms with E-state index in [2.05, 4.69) is 5.10 Å². The largest absolute Gasteiger partial charge is 0.326 e. The van der Waals surface area contributed by atoms with Crippen molar-refractivity contribution in [1.29, 1.82) is 0 Å². The first-order chi connectivity index (χ1) is 7.66. The lowest BCUT2D eigenvalue weighted by Crippen LogP contribution is -2.23. The summed E-state index contributed by atoms with van der Waals surface area (Å²) in [5.74, 6) is -0.234. The lowest BCUT2D eigenvalue weighted by Gasteiger charge is -2.09. The number of rotatable bonds is 3. The minimum absolute atomic E-state index is 0.0408. The van der Waals surface area contributed by atoms with Gasteiger partial charge in [0.05, 0.1) is 12.2 Å². The third kappa shape index (κ3) is 2.28. The maximum Gasteiger partial charge on any atom is 0.123 e. The van der Waals surface area contributed by atoms with Gasteiger partial charge in [0, 0.05) is 12.2 Å². The molecule has 16 heavy (non-hydrogen) atoms. The molecular formula is C12H14FN3. The zero-order valence-electron chi connectivity index (χ0n) is 9.10. The highest BCUT2D eigenvalue weighted by molar-refractivity contribution is 5.58. The molecule has 0 fully saturated rings. The molecule has 0 aliphatic carbocycles. The standard InChI is InChI=1S/C12H14FN3/c1-9(14)8-16-12(6-7-15-16)10-2-4-11(13)5-3-10/h2-7,9H,8,14H2,1H3. The molecule has 0 amide bonds. The van der Waals surface area contributed by atoms with Crippen LogP contribution in [0.2, 0.25) is 0 Å². The fourth-order valence-corrected chi connectivity index (χ4v) is 1.62. The van der Waals surface area contributed by atoms with Crippen LogP contribution in [0.4, 0.5) is 4.39 Å². The van der Waals surface area contributed by atoms with Crippen molar-refractivity contribution in [2.75, 3.05) is 0 Å². The number of aromatic nitrogens is 2. The molecule has 1 heterocycles. The Morgan fingerprint density at radius 3 is 2.62 bits per heavy atom. The van der Waals surface area contributed by atoms with Crippen molar-refractivity contribution in [2.24, 2.45) is 5.73 Å². The Bertz CT molecular complexity index is 459. The van der Waals surface area contributed by atoms with Crippen LogP contribution in [-0.4, -0.2) is 15.8 Å². The Morgan fingerprint density at radius 1 is 1.31 bits per heavy atom. The SMILES string of the molecule is CC(N)Cn1nccc1-c1ccc(F)cc1. The molecule has 2 aromatic rings. The van der Waals surface area contributed by atoms with Crippen LogP contribution in [-0.2, 0) is 6.54 Å². The quantitative estimate of drug-likeness (QED) is 0.858. The Balaban J connectivity index is 2.33. The molecule has 3 nitrogen and oxygen atoms in total. The van der Waals surface area contributed by atoms with E-state index in [0.29, 0.717) is 6.54 Å². The van der Waals surface area contributed by atoms with E-state index in [-0.39, 0.29) is 11.9 Å². The van der Waals surface area contributed by atoms with Gasteiger partial charge in [-0.3, -0.25) is 4.68 Å². The van der Waals surface area contributed by atoms with E-state index in [1.54, 1.807) is 18.3 Å². The van der Waals surface area contributed by atoms with Gasteiger partial charge in [-0.25, -0.2) is 4.39 Å². The van der Waals surface area contributed by atoms with Crippen LogP contribution in [0.25, 0.3) is 11.3 Å². The number of hydrogen-bond donors (Lipinski definition) is 1. The molecule has 1 aromatic carbocycles. The molecule has 2 rings (SSSR count). The monoisotopic (exact) mass is 219 g/mol. The van der Waals surface area contributed by atoms with Crippen molar-refractivity contribution in [1.82, 2.24) is 9.78 Å². The van der Waals surface area contributed by atoms with Gasteiger partial charge in [0.15, 0.2) is 0 Å². The summed E-state index contributed by atoms with van der Waals surface area (Å²) in [4.78, 5) is 0. The maximum atomic E-state index is 12.8. The average Bonchev–Trinajstić information content (AvgIpc) is 2.66. The molecule has 0 aliphatic rings. The van der Waals surface area contributed by atoms with Crippen LogP contribution < -0.4 is 5.73 Å². The Morgan fingerprint density at radius 2 is 2.00 bits per heavy atom. The van der Waals surface area contributed by atoms with E-state index in [1.165, 1.54) is 12.1 Å². The van der Waals surface area contributed by atoms with Crippen molar-refractivity contribution in [3.05, 3.63) is 42.3 Å². The molecule has 0 spiro atoms. The molecule has 84 valence electrons. The second kappa shape index (κ2) is 4.45. The van der Waals surface area contributed by atoms with Crippen LogP contribution in [0.1, 0.15) is 6.92 Å². The Hall–Kier alpha value is -1.68. The fourth-order valence-electron chi connectivity index (χ4n) is 1.62. The second-order valence-corrected chi connectivity index (χ2v) is 3.88. The van der Waals surface area contributed by atoms with E-state index in [9.17, 15) is 4.39 Å². The molecule has 1 unspecified atom stereocenters. The fraction of sp³-hybridized carbons (Fsp3) is 0.250. The molecule has 0 saturated carbocycles. The van der Waals surface area contributed by atoms with Gasteiger partial charge in [0.2, 0.25) is 0 Å². The van der Waals surface area contributed by atoms with E-state index < -0.39 is 0 Å². The van der Waals surface area contributed by atoms with E-state index in [1.807, 2.05) is 17.7 Å². The number of nitrogens with zero attached hydrogens (tertiary/aromatic N) is 2. The van der Waals surface area contributed by atoms with Crippen LogP contribution >= 0.6 is 0 Å². The molecule has 0 bridgehead atoms. The third-order valence-electron chi connectivity index (χ3n) is 2.32. The van der Waals surface area contributed by atoms with Gasteiger partial charge in [-0.2, -0.15) is 5.10 Å². The lowest BCUT2D eigenvalue weighted by molar-refractivity contribution is 0.543.